The van der Waals surface area contributed by atoms with Crippen molar-refractivity contribution in [3.63, 3.8) is 0 Å². The zero-order chi connectivity index (χ0) is 15.9. The van der Waals surface area contributed by atoms with Crippen LogP contribution in [0.25, 0.3) is 0 Å². The van der Waals surface area contributed by atoms with E-state index in [1.54, 1.807) is 6.07 Å². The van der Waals surface area contributed by atoms with Crippen LogP contribution in [-0.4, -0.2) is 12.1 Å². The molecule has 2 heteroatoms. The maximum Gasteiger partial charge on any atom is 0.123 e. The van der Waals surface area contributed by atoms with E-state index in [2.05, 4.69) is 52.9 Å². The third-order valence-electron chi connectivity index (χ3n) is 4.89. The first-order chi connectivity index (χ1) is 9.52. The van der Waals surface area contributed by atoms with Gasteiger partial charge in [-0.15, -0.1) is 0 Å². The summed E-state index contributed by atoms with van der Waals surface area (Å²) in [6.07, 6.45) is 2.28. The molecule has 1 aromatic carbocycles. The molecule has 0 radical (unpaired) electrons. The number of halogens is 1. The van der Waals surface area contributed by atoms with Gasteiger partial charge in [-0.3, -0.25) is 0 Å². The van der Waals surface area contributed by atoms with Crippen molar-refractivity contribution < 1.29 is 4.39 Å². The molecule has 1 aliphatic carbocycles. The lowest BCUT2D eigenvalue weighted by atomic mass is 9.52. The van der Waals surface area contributed by atoms with Crippen LogP contribution in [0.1, 0.15) is 59.9 Å². The van der Waals surface area contributed by atoms with Crippen LogP contribution < -0.4 is 5.32 Å². The highest BCUT2D eigenvalue weighted by Gasteiger charge is 2.49. The first kappa shape index (κ1) is 16.5. The van der Waals surface area contributed by atoms with E-state index in [1.807, 2.05) is 6.07 Å². The van der Waals surface area contributed by atoms with E-state index in [4.69, 9.17) is 0 Å². The van der Waals surface area contributed by atoms with E-state index in [9.17, 15) is 4.39 Å². The van der Waals surface area contributed by atoms with Gasteiger partial charge in [0.1, 0.15) is 5.82 Å². The van der Waals surface area contributed by atoms with Crippen LogP contribution >= 0.6 is 0 Å². The van der Waals surface area contributed by atoms with E-state index in [-0.39, 0.29) is 16.8 Å². The van der Waals surface area contributed by atoms with Gasteiger partial charge in [0.2, 0.25) is 0 Å². The van der Waals surface area contributed by atoms with E-state index in [1.165, 1.54) is 6.07 Å². The highest BCUT2D eigenvalue weighted by Crippen LogP contribution is 2.54. The second kappa shape index (κ2) is 5.39. The summed E-state index contributed by atoms with van der Waals surface area (Å²) in [7, 11) is 0. The summed E-state index contributed by atoms with van der Waals surface area (Å²) < 4.78 is 13.6. The molecule has 0 bridgehead atoms. The fourth-order valence-electron chi connectivity index (χ4n) is 3.23. The van der Waals surface area contributed by atoms with Crippen LogP contribution in [0.5, 0.6) is 0 Å². The number of nitrogens with one attached hydrogen (secondary N) is 1. The molecule has 1 N–H and O–H groups in total. The van der Waals surface area contributed by atoms with Gasteiger partial charge in [-0.1, -0.05) is 32.9 Å². The molecule has 1 fully saturated rings. The minimum absolute atomic E-state index is 0.0904. The Morgan fingerprint density at radius 3 is 2.24 bits per heavy atom. The van der Waals surface area contributed by atoms with Crippen LogP contribution in [0.2, 0.25) is 0 Å². The Bertz CT molecular complexity index is 482. The smallest absolute Gasteiger partial charge is 0.123 e. The predicted octanol–water partition coefficient (Wildman–Crippen LogP) is 4.91. The van der Waals surface area contributed by atoms with Gasteiger partial charge in [0, 0.05) is 17.5 Å². The Labute approximate surface area is 129 Å². The standard InChI is InChI=1S/C19H30FN/c1-17(2,3)15-11-19(12-15,13-21-18(4,5)6)14-8-7-9-16(20)10-14/h7-10,15,21H,11-13H2,1-6H3. The van der Waals surface area contributed by atoms with Gasteiger partial charge < -0.3 is 5.32 Å². The topological polar surface area (TPSA) is 12.0 Å². The molecule has 1 nitrogen and oxygen atoms in total. The molecular weight excluding hydrogens is 261 g/mol. The van der Waals surface area contributed by atoms with Crippen molar-refractivity contribution >= 4 is 0 Å². The quantitative estimate of drug-likeness (QED) is 0.834. The van der Waals surface area contributed by atoms with Crippen LogP contribution in [0.15, 0.2) is 24.3 Å². The first-order valence-corrected chi connectivity index (χ1v) is 8.03. The SMILES string of the molecule is CC(C)(C)NCC1(c2cccc(F)c2)CC(C(C)(C)C)C1. The molecule has 1 saturated carbocycles. The molecule has 0 unspecified atom stereocenters. The maximum absolute atomic E-state index is 13.6. The molecule has 118 valence electrons. The van der Waals surface area contributed by atoms with Gasteiger partial charge in [-0.2, -0.15) is 0 Å². The fraction of sp³-hybridized carbons (Fsp3) is 0.684. The van der Waals surface area contributed by atoms with Gasteiger partial charge in [-0.25, -0.2) is 4.39 Å². The average Bonchev–Trinajstić information content (AvgIpc) is 2.24. The summed E-state index contributed by atoms with van der Waals surface area (Å²) in [5.74, 6) is 0.587. The lowest BCUT2D eigenvalue weighted by Gasteiger charge is -2.54. The zero-order valence-corrected chi connectivity index (χ0v) is 14.4. The highest BCUT2D eigenvalue weighted by atomic mass is 19.1. The van der Waals surface area contributed by atoms with Gasteiger partial charge in [0.05, 0.1) is 0 Å². The molecule has 2 rings (SSSR count). The third-order valence-corrected chi connectivity index (χ3v) is 4.89. The van der Waals surface area contributed by atoms with Gasteiger partial charge in [0.15, 0.2) is 0 Å². The lowest BCUT2D eigenvalue weighted by molar-refractivity contribution is 0.0409. The molecular formula is C19H30FN. The molecule has 0 atom stereocenters. The van der Waals surface area contributed by atoms with Crippen LogP contribution in [-0.2, 0) is 5.41 Å². The molecule has 21 heavy (non-hydrogen) atoms. The molecule has 0 spiro atoms. The largest absolute Gasteiger partial charge is 0.311 e. The molecule has 0 aromatic heterocycles. The predicted molar refractivity (Wildman–Crippen MR) is 88.0 cm³/mol. The Morgan fingerprint density at radius 1 is 1.14 bits per heavy atom. The van der Waals surface area contributed by atoms with Crippen molar-refractivity contribution in [2.75, 3.05) is 6.54 Å². The zero-order valence-electron chi connectivity index (χ0n) is 14.4. The Hall–Kier alpha value is -0.890. The second-order valence-corrected chi connectivity index (χ2v) is 8.87. The van der Waals surface area contributed by atoms with Crippen LogP contribution in [0.4, 0.5) is 4.39 Å². The first-order valence-electron chi connectivity index (χ1n) is 8.03. The van der Waals surface area contributed by atoms with E-state index >= 15 is 0 Å². The van der Waals surface area contributed by atoms with Crippen LogP contribution in [0, 0.1) is 17.2 Å². The summed E-state index contributed by atoms with van der Waals surface area (Å²) in [5, 5.41) is 3.63. The molecule has 0 heterocycles. The van der Waals surface area contributed by atoms with Gasteiger partial charge in [-0.05, 0) is 62.6 Å². The van der Waals surface area contributed by atoms with Crippen molar-refractivity contribution in [1.82, 2.24) is 5.32 Å². The van der Waals surface area contributed by atoms with Crippen molar-refractivity contribution in [2.45, 2.75) is 65.3 Å². The summed E-state index contributed by atoms with van der Waals surface area (Å²) in [6.45, 7) is 14.4. The summed E-state index contributed by atoms with van der Waals surface area (Å²) >= 11 is 0. The Balaban J connectivity index is 2.21. The molecule has 0 aliphatic heterocycles. The number of rotatable bonds is 3. The summed E-state index contributed by atoms with van der Waals surface area (Å²) in [5.41, 5.74) is 1.67. The number of hydrogen-bond donors (Lipinski definition) is 1. The molecule has 0 amide bonds. The van der Waals surface area contributed by atoms with E-state index in [0.29, 0.717) is 11.3 Å². The number of hydrogen-bond acceptors (Lipinski definition) is 1. The van der Waals surface area contributed by atoms with E-state index in [0.717, 1.165) is 24.9 Å². The van der Waals surface area contributed by atoms with E-state index < -0.39 is 0 Å². The van der Waals surface area contributed by atoms with Crippen molar-refractivity contribution in [3.8, 4) is 0 Å². The minimum Gasteiger partial charge on any atom is -0.311 e. The second-order valence-electron chi connectivity index (χ2n) is 8.87. The lowest BCUT2D eigenvalue weighted by Crippen LogP contribution is -2.54. The summed E-state index contributed by atoms with van der Waals surface area (Å²) in [4.78, 5) is 0. The van der Waals surface area contributed by atoms with Crippen molar-refractivity contribution in [2.24, 2.45) is 11.3 Å². The number of benzene rings is 1. The highest BCUT2D eigenvalue weighted by molar-refractivity contribution is 5.31. The average molecular weight is 291 g/mol. The van der Waals surface area contributed by atoms with Crippen molar-refractivity contribution in [3.05, 3.63) is 35.6 Å². The molecule has 0 saturated heterocycles. The molecule has 1 aromatic rings. The summed E-state index contributed by atoms with van der Waals surface area (Å²) in [6, 6.07) is 7.19. The fourth-order valence-corrected chi connectivity index (χ4v) is 3.23. The molecule has 1 aliphatic rings. The monoisotopic (exact) mass is 291 g/mol. The minimum atomic E-state index is -0.123. The van der Waals surface area contributed by atoms with Crippen LogP contribution in [0.3, 0.4) is 0 Å². The maximum atomic E-state index is 13.6. The normalized spacial score (nSPS) is 26.5. The van der Waals surface area contributed by atoms with Gasteiger partial charge >= 0.3 is 0 Å². The van der Waals surface area contributed by atoms with Gasteiger partial charge in [0.25, 0.3) is 0 Å². The van der Waals surface area contributed by atoms with Crippen molar-refractivity contribution in [1.29, 1.82) is 0 Å². The Morgan fingerprint density at radius 2 is 1.76 bits per heavy atom. The third kappa shape index (κ3) is 3.85. The Kier molecular flexibility index (Phi) is 4.23.